The van der Waals surface area contributed by atoms with Crippen molar-refractivity contribution in [2.75, 3.05) is 23.7 Å². The monoisotopic (exact) mass is 415 g/mol. The lowest BCUT2D eigenvalue weighted by Gasteiger charge is -2.36. The molecular weight excluding hydrogens is 388 g/mol. The van der Waals surface area contributed by atoms with Crippen molar-refractivity contribution in [2.45, 2.75) is 63.7 Å². The molecule has 0 atom stereocenters. The summed E-state index contributed by atoms with van der Waals surface area (Å²) in [6.45, 7) is 9.41. The van der Waals surface area contributed by atoms with Gasteiger partial charge in [-0.05, 0) is 49.4 Å². The third-order valence-corrected chi connectivity index (χ3v) is 7.88. The van der Waals surface area contributed by atoms with Gasteiger partial charge in [0.1, 0.15) is 15.3 Å². The molecule has 0 aromatic carbocycles. The first-order valence-electron chi connectivity index (χ1n) is 10.2. The van der Waals surface area contributed by atoms with E-state index in [0.29, 0.717) is 6.61 Å². The molecule has 0 aliphatic carbocycles. The second-order valence-electron chi connectivity index (χ2n) is 8.29. The molecule has 0 unspecified atom stereocenters. The average Bonchev–Trinajstić information content (AvgIpc) is 3.07. The lowest BCUT2D eigenvalue weighted by molar-refractivity contribution is -0.427. The number of aromatic nitrogens is 3. The van der Waals surface area contributed by atoms with Gasteiger partial charge < -0.3 is 9.64 Å². The van der Waals surface area contributed by atoms with Crippen LogP contribution in [0.5, 0.6) is 0 Å². The van der Waals surface area contributed by atoms with Gasteiger partial charge >= 0.3 is 0 Å². The minimum absolute atomic E-state index is 0.156. The second kappa shape index (κ2) is 7.11. The summed E-state index contributed by atoms with van der Waals surface area (Å²) in [5, 5.41) is 2.45. The predicted octanol–water partition coefficient (Wildman–Crippen LogP) is 4.61. The first kappa shape index (κ1) is 18.6. The van der Waals surface area contributed by atoms with Crippen molar-refractivity contribution in [3.8, 4) is 0 Å². The number of pyridine rings is 1. The second-order valence-corrected chi connectivity index (χ2v) is 10.6. The molecule has 5 rings (SSSR count). The Bertz CT molecular complexity index is 1040. The van der Waals surface area contributed by atoms with Crippen LogP contribution < -0.4 is 9.88 Å². The van der Waals surface area contributed by atoms with Gasteiger partial charge in [0.25, 0.3) is 6.33 Å². The Balaban J connectivity index is 1.79. The number of thiophene rings is 1. The third kappa shape index (κ3) is 3.08. The smallest absolute Gasteiger partial charge is 0.285 e. The zero-order chi connectivity index (χ0) is 19.3. The largest absolute Gasteiger partial charge is 0.370 e. The number of anilines is 1. The molecule has 0 bridgehead atoms. The standard InChI is InChI=1S/C21H26N4OS2/c1-4-27-20-17-16(22-12-23-20)15-13-10-21(2,3)26-11-14(13)18(24-19(15)28-17)25-8-6-5-7-9-25/h12H,4-11H2,1-3H3/p+1. The highest BCUT2D eigenvalue weighted by Crippen LogP contribution is 2.44. The Hall–Kier alpha value is -1.44. The van der Waals surface area contributed by atoms with Gasteiger partial charge in [-0.3, -0.25) is 0 Å². The predicted molar refractivity (Wildman–Crippen MR) is 117 cm³/mol. The van der Waals surface area contributed by atoms with Crippen LogP contribution in [0.15, 0.2) is 11.4 Å². The number of nitrogens with zero attached hydrogens (tertiary/aromatic N) is 3. The molecule has 5 heterocycles. The molecule has 2 aliphatic rings. The summed E-state index contributed by atoms with van der Waals surface area (Å²) in [6.07, 6.45) is 6.57. The number of H-pyrrole nitrogens is 1. The van der Waals surface area contributed by atoms with Gasteiger partial charge in [-0.25, -0.2) is 9.97 Å². The summed E-state index contributed by atoms with van der Waals surface area (Å²) in [4.78, 5) is 16.9. The molecule has 7 heteroatoms. The fourth-order valence-electron chi connectivity index (χ4n) is 4.42. The number of hydrogen-bond donors (Lipinski definition) is 0. The summed E-state index contributed by atoms with van der Waals surface area (Å²) in [7, 11) is 0. The van der Waals surface area contributed by atoms with Crippen molar-refractivity contribution < 1.29 is 9.72 Å². The van der Waals surface area contributed by atoms with Crippen molar-refractivity contribution in [1.29, 1.82) is 0 Å². The van der Waals surface area contributed by atoms with Gasteiger partial charge in [0.05, 0.1) is 17.6 Å². The highest BCUT2D eigenvalue weighted by atomic mass is 32.2. The van der Waals surface area contributed by atoms with Crippen molar-refractivity contribution in [3.63, 3.8) is 0 Å². The van der Waals surface area contributed by atoms with Crippen LogP contribution in [0.25, 0.3) is 20.4 Å². The number of fused-ring (bicyclic) bond motifs is 5. The van der Waals surface area contributed by atoms with E-state index in [1.54, 1.807) is 11.3 Å². The normalized spacial score (nSPS) is 19.3. The average molecular weight is 416 g/mol. The highest BCUT2D eigenvalue weighted by Gasteiger charge is 2.34. The molecule has 5 nitrogen and oxygen atoms in total. The van der Waals surface area contributed by atoms with Gasteiger partial charge in [0.15, 0.2) is 5.03 Å². The van der Waals surface area contributed by atoms with Gasteiger partial charge in [0.2, 0.25) is 5.52 Å². The van der Waals surface area contributed by atoms with Crippen LogP contribution >= 0.6 is 23.1 Å². The Kier molecular flexibility index (Phi) is 4.72. The highest BCUT2D eigenvalue weighted by molar-refractivity contribution is 7.99. The van der Waals surface area contributed by atoms with E-state index in [9.17, 15) is 0 Å². The lowest BCUT2D eigenvalue weighted by atomic mass is 9.90. The van der Waals surface area contributed by atoms with Crippen LogP contribution in [-0.2, 0) is 17.8 Å². The maximum absolute atomic E-state index is 6.23. The van der Waals surface area contributed by atoms with Crippen molar-refractivity contribution in [1.82, 2.24) is 9.97 Å². The summed E-state index contributed by atoms with van der Waals surface area (Å²) < 4.78 is 7.46. The van der Waals surface area contributed by atoms with Crippen LogP contribution in [0.3, 0.4) is 0 Å². The molecule has 3 aromatic rings. The Morgan fingerprint density at radius 1 is 1.25 bits per heavy atom. The number of nitrogens with one attached hydrogen (secondary N) is 1. The molecular formula is C21H27N4OS2+. The first-order valence-corrected chi connectivity index (χ1v) is 12.0. The number of rotatable bonds is 3. The van der Waals surface area contributed by atoms with Gasteiger partial charge in [-0.2, -0.15) is 0 Å². The fourth-order valence-corrected chi connectivity index (χ4v) is 6.42. The molecule has 148 valence electrons. The molecule has 28 heavy (non-hydrogen) atoms. The topological polar surface area (TPSA) is 52.4 Å². The first-order chi connectivity index (χ1) is 13.6. The van der Waals surface area contributed by atoms with E-state index < -0.39 is 0 Å². The minimum Gasteiger partial charge on any atom is -0.370 e. The van der Waals surface area contributed by atoms with Crippen LogP contribution in [0.1, 0.15) is 51.2 Å². The van der Waals surface area contributed by atoms with Crippen molar-refractivity contribution in [2.24, 2.45) is 0 Å². The SMILES string of the molecule is CCSc1[nH+]cnc2c1sc1nc(N3CCCCC3)c3c(c12)CC(C)(C)OC3. The third-order valence-electron chi connectivity index (χ3n) is 5.76. The zero-order valence-corrected chi connectivity index (χ0v) is 18.4. The van der Waals surface area contributed by atoms with Gasteiger partial charge in [-0.1, -0.05) is 18.7 Å². The summed E-state index contributed by atoms with van der Waals surface area (Å²) >= 11 is 3.63. The number of piperidine rings is 1. The van der Waals surface area contributed by atoms with E-state index in [1.165, 1.54) is 45.5 Å². The number of hydrogen-bond acceptors (Lipinski definition) is 6. The molecule has 1 fully saturated rings. The molecule has 0 amide bonds. The Morgan fingerprint density at radius 2 is 2.07 bits per heavy atom. The Morgan fingerprint density at radius 3 is 2.86 bits per heavy atom. The number of thioether (sulfide) groups is 1. The van der Waals surface area contributed by atoms with Crippen LogP contribution in [0, 0.1) is 0 Å². The van der Waals surface area contributed by atoms with Crippen molar-refractivity contribution in [3.05, 3.63) is 17.5 Å². The molecule has 0 radical (unpaired) electrons. The van der Waals surface area contributed by atoms with E-state index in [4.69, 9.17) is 14.7 Å². The molecule has 0 spiro atoms. The van der Waals surface area contributed by atoms with E-state index in [-0.39, 0.29) is 5.60 Å². The minimum atomic E-state index is -0.156. The van der Waals surface area contributed by atoms with E-state index in [0.717, 1.165) is 41.4 Å². The number of ether oxygens (including phenoxy) is 1. The fraction of sp³-hybridized carbons (Fsp3) is 0.571. The summed E-state index contributed by atoms with van der Waals surface area (Å²) in [5.74, 6) is 2.19. The van der Waals surface area contributed by atoms with Crippen molar-refractivity contribution >= 4 is 49.3 Å². The maximum atomic E-state index is 6.23. The molecule has 1 N–H and O–H groups in total. The molecule has 0 saturated carbocycles. The van der Waals surface area contributed by atoms with Crippen LogP contribution in [0.2, 0.25) is 0 Å². The maximum Gasteiger partial charge on any atom is 0.285 e. The Labute approximate surface area is 173 Å². The van der Waals surface area contributed by atoms with Gasteiger partial charge in [-0.15, -0.1) is 11.3 Å². The van der Waals surface area contributed by atoms with E-state index >= 15 is 0 Å². The lowest BCUT2D eigenvalue weighted by Crippen LogP contribution is -2.36. The number of aromatic amines is 1. The summed E-state index contributed by atoms with van der Waals surface area (Å²) in [5.41, 5.74) is 3.63. The molecule has 2 aliphatic heterocycles. The van der Waals surface area contributed by atoms with Crippen LogP contribution in [0.4, 0.5) is 5.82 Å². The quantitative estimate of drug-likeness (QED) is 0.462. The summed E-state index contributed by atoms with van der Waals surface area (Å²) in [6, 6.07) is 0. The van der Waals surface area contributed by atoms with Gasteiger partial charge in [0, 0.05) is 25.1 Å². The van der Waals surface area contributed by atoms with Crippen LogP contribution in [-0.4, -0.2) is 34.4 Å². The van der Waals surface area contributed by atoms with E-state index in [1.807, 2.05) is 18.1 Å². The zero-order valence-electron chi connectivity index (χ0n) is 16.8. The molecule has 1 saturated heterocycles. The van der Waals surface area contributed by atoms with E-state index in [2.05, 4.69) is 30.7 Å². The molecule has 3 aromatic heterocycles.